The number of aromatic nitrogens is 2. The lowest BCUT2D eigenvalue weighted by atomic mass is 10.1. The standard InChI is InChI=1S/C12H22N4/c1-3-4-5-6-11-9-14-12(15-10-11)16(2)8-7-13/h9-10H,3-8,13H2,1-2H3. The van der Waals surface area contributed by atoms with E-state index in [-0.39, 0.29) is 0 Å². The van der Waals surface area contributed by atoms with Gasteiger partial charge in [-0.15, -0.1) is 0 Å². The molecule has 0 saturated heterocycles. The molecule has 90 valence electrons. The SMILES string of the molecule is CCCCCc1cnc(N(C)CCN)nc1. The third-order valence-corrected chi connectivity index (χ3v) is 2.57. The highest BCUT2D eigenvalue weighted by atomic mass is 15.2. The fourth-order valence-corrected chi connectivity index (χ4v) is 1.55. The lowest BCUT2D eigenvalue weighted by Gasteiger charge is -2.15. The molecule has 1 rings (SSSR count). The molecule has 0 aromatic carbocycles. The second kappa shape index (κ2) is 7.17. The van der Waals surface area contributed by atoms with E-state index in [1.165, 1.54) is 24.8 Å². The number of anilines is 1. The number of aryl methyl sites for hydroxylation is 1. The van der Waals surface area contributed by atoms with Crippen LogP contribution in [0.2, 0.25) is 0 Å². The Bertz CT molecular complexity index is 284. The van der Waals surface area contributed by atoms with Crippen LogP contribution in [-0.4, -0.2) is 30.1 Å². The predicted octanol–water partition coefficient (Wildman–Crippen LogP) is 1.60. The number of likely N-dealkylation sites (N-methyl/N-ethyl adjacent to an activating group) is 1. The van der Waals surface area contributed by atoms with Crippen molar-refractivity contribution in [2.24, 2.45) is 5.73 Å². The summed E-state index contributed by atoms with van der Waals surface area (Å²) in [5.41, 5.74) is 6.70. The summed E-state index contributed by atoms with van der Waals surface area (Å²) in [6.07, 6.45) is 8.66. The first-order valence-electron chi connectivity index (χ1n) is 6.00. The van der Waals surface area contributed by atoms with E-state index >= 15 is 0 Å². The maximum absolute atomic E-state index is 5.48. The van der Waals surface area contributed by atoms with Crippen LogP contribution in [0.3, 0.4) is 0 Å². The topological polar surface area (TPSA) is 55.0 Å². The minimum absolute atomic E-state index is 0.623. The van der Waals surface area contributed by atoms with Crippen molar-refractivity contribution in [3.8, 4) is 0 Å². The molecule has 0 aliphatic rings. The van der Waals surface area contributed by atoms with Crippen LogP contribution in [0.5, 0.6) is 0 Å². The summed E-state index contributed by atoms with van der Waals surface area (Å²) in [7, 11) is 1.96. The number of unbranched alkanes of at least 4 members (excludes halogenated alkanes) is 2. The summed E-state index contributed by atoms with van der Waals surface area (Å²) in [5.74, 6) is 0.754. The molecule has 0 bridgehead atoms. The molecule has 0 spiro atoms. The van der Waals surface area contributed by atoms with Gasteiger partial charge in [0.25, 0.3) is 0 Å². The minimum atomic E-state index is 0.623. The smallest absolute Gasteiger partial charge is 0.225 e. The molecule has 0 radical (unpaired) electrons. The molecule has 1 heterocycles. The van der Waals surface area contributed by atoms with Crippen molar-refractivity contribution in [3.05, 3.63) is 18.0 Å². The zero-order chi connectivity index (χ0) is 11.8. The molecule has 0 fully saturated rings. The molecule has 0 amide bonds. The molecule has 1 aromatic heterocycles. The summed E-state index contributed by atoms with van der Waals surface area (Å²) in [5, 5.41) is 0. The first-order chi connectivity index (χ1) is 7.77. The van der Waals surface area contributed by atoms with Crippen molar-refractivity contribution in [2.45, 2.75) is 32.6 Å². The van der Waals surface area contributed by atoms with Gasteiger partial charge in [-0.05, 0) is 18.4 Å². The molecule has 0 aliphatic carbocycles. The summed E-state index contributed by atoms with van der Waals surface area (Å²) in [6.45, 7) is 3.62. The van der Waals surface area contributed by atoms with Gasteiger partial charge in [-0.2, -0.15) is 0 Å². The van der Waals surface area contributed by atoms with E-state index in [2.05, 4.69) is 16.9 Å². The van der Waals surface area contributed by atoms with Gasteiger partial charge in [0, 0.05) is 32.5 Å². The quantitative estimate of drug-likeness (QED) is 0.712. The summed E-state index contributed by atoms with van der Waals surface area (Å²) in [4.78, 5) is 10.6. The molecule has 0 aliphatic heterocycles. The maximum Gasteiger partial charge on any atom is 0.225 e. The van der Waals surface area contributed by atoms with E-state index in [0.29, 0.717) is 6.54 Å². The Kier molecular flexibility index (Phi) is 5.78. The fraction of sp³-hybridized carbons (Fsp3) is 0.667. The minimum Gasteiger partial charge on any atom is -0.343 e. The van der Waals surface area contributed by atoms with Gasteiger partial charge >= 0.3 is 0 Å². The van der Waals surface area contributed by atoms with E-state index in [9.17, 15) is 0 Å². The van der Waals surface area contributed by atoms with Crippen LogP contribution in [-0.2, 0) is 6.42 Å². The van der Waals surface area contributed by atoms with Gasteiger partial charge in [-0.25, -0.2) is 9.97 Å². The highest BCUT2D eigenvalue weighted by Crippen LogP contribution is 2.07. The van der Waals surface area contributed by atoms with Gasteiger partial charge < -0.3 is 10.6 Å². The van der Waals surface area contributed by atoms with E-state index < -0.39 is 0 Å². The normalized spacial score (nSPS) is 10.4. The number of hydrogen-bond donors (Lipinski definition) is 1. The van der Waals surface area contributed by atoms with Crippen LogP contribution < -0.4 is 10.6 Å². The lowest BCUT2D eigenvalue weighted by molar-refractivity contribution is 0.713. The van der Waals surface area contributed by atoms with E-state index in [4.69, 9.17) is 5.73 Å². The second-order valence-corrected chi connectivity index (χ2v) is 4.06. The Morgan fingerprint density at radius 3 is 2.50 bits per heavy atom. The third kappa shape index (κ3) is 4.14. The van der Waals surface area contributed by atoms with Crippen molar-refractivity contribution in [1.29, 1.82) is 0 Å². The molecule has 4 nitrogen and oxygen atoms in total. The monoisotopic (exact) mass is 222 g/mol. The summed E-state index contributed by atoms with van der Waals surface area (Å²) >= 11 is 0. The zero-order valence-corrected chi connectivity index (χ0v) is 10.3. The van der Waals surface area contributed by atoms with Crippen molar-refractivity contribution in [2.75, 3.05) is 25.0 Å². The fourth-order valence-electron chi connectivity index (χ4n) is 1.55. The van der Waals surface area contributed by atoms with E-state index in [1.54, 1.807) is 0 Å². The lowest BCUT2D eigenvalue weighted by Crippen LogP contribution is -2.26. The molecule has 0 saturated carbocycles. The first-order valence-corrected chi connectivity index (χ1v) is 6.00. The highest BCUT2D eigenvalue weighted by molar-refractivity contribution is 5.28. The van der Waals surface area contributed by atoms with Crippen molar-refractivity contribution >= 4 is 5.95 Å². The van der Waals surface area contributed by atoms with Gasteiger partial charge in [0.1, 0.15) is 0 Å². The highest BCUT2D eigenvalue weighted by Gasteiger charge is 2.02. The Morgan fingerprint density at radius 2 is 1.94 bits per heavy atom. The van der Waals surface area contributed by atoms with Gasteiger partial charge in [0.05, 0.1) is 0 Å². The average Bonchev–Trinajstić information content (AvgIpc) is 2.30. The molecule has 4 heteroatoms. The van der Waals surface area contributed by atoms with E-state index in [0.717, 1.165) is 18.9 Å². The van der Waals surface area contributed by atoms with Gasteiger partial charge in [-0.3, -0.25) is 0 Å². The van der Waals surface area contributed by atoms with Crippen LogP contribution >= 0.6 is 0 Å². The van der Waals surface area contributed by atoms with Crippen LogP contribution in [0.1, 0.15) is 31.7 Å². The largest absolute Gasteiger partial charge is 0.343 e. The molecule has 0 atom stereocenters. The summed E-state index contributed by atoms with van der Waals surface area (Å²) < 4.78 is 0. The van der Waals surface area contributed by atoms with Gasteiger partial charge in [0.15, 0.2) is 0 Å². The van der Waals surface area contributed by atoms with Crippen LogP contribution in [0.4, 0.5) is 5.95 Å². The third-order valence-electron chi connectivity index (χ3n) is 2.57. The van der Waals surface area contributed by atoms with Gasteiger partial charge in [-0.1, -0.05) is 19.8 Å². The van der Waals surface area contributed by atoms with Crippen molar-refractivity contribution in [1.82, 2.24) is 9.97 Å². The average molecular weight is 222 g/mol. The van der Waals surface area contributed by atoms with Crippen LogP contribution in [0, 0.1) is 0 Å². The number of nitrogens with two attached hydrogens (primary N) is 1. The Labute approximate surface area is 97.9 Å². The molecular formula is C12H22N4. The maximum atomic E-state index is 5.48. The van der Waals surface area contributed by atoms with Gasteiger partial charge in [0.2, 0.25) is 5.95 Å². The number of hydrogen-bond acceptors (Lipinski definition) is 4. The molecule has 1 aromatic rings. The zero-order valence-electron chi connectivity index (χ0n) is 10.3. The molecule has 0 unspecified atom stereocenters. The predicted molar refractivity (Wildman–Crippen MR) is 67.6 cm³/mol. The Hall–Kier alpha value is -1.16. The molecule has 2 N–H and O–H groups in total. The Morgan fingerprint density at radius 1 is 1.25 bits per heavy atom. The number of nitrogens with zero attached hydrogens (tertiary/aromatic N) is 3. The Balaban J connectivity index is 2.47. The first kappa shape index (κ1) is 12.9. The van der Waals surface area contributed by atoms with Crippen LogP contribution in [0.15, 0.2) is 12.4 Å². The van der Waals surface area contributed by atoms with Crippen molar-refractivity contribution in [3.63, 3.8) is 0 Å². The van der Waals surface area contributed by atoms with Crippen LogP contribution in [0.25, 0.3) is 0 Å². The molecular weight excluding hydrogens is 200 g/mol. The van der Waals surface area contributed by atoms with Crippen molar-refractivity contribution < 1.29 is 0 Å². The molecule has 16 heavy (non-hydrogen) atoms. The second-order valence-electron chi connectivity index (χ2n) is 4.06. The van der Waals surface area contributed by atoms with E-state index in [1.807, 2.05) is 24.3 Å². The summed E-state index contributed by atoms with van der Waals surface area (Å²) in [6, 6.07) is 0. The number of rotatable bonds is 7.